The molecule has 0 bridgehead atoms. The Labute approximate surface area is 214 Å². The van der Waals surface area contributed by atoms with Gasteiger partial charge in [0, 0.05) is 24.0 Å². The number of benzene rings is 3. The highest BCUT2D eigenvalue weighted by Gasteiger charge is 2.30. The Balaban J connectivity index is 1.91. The van der Waals surface area contributed by atoms with Crippen molar-refractivity contribution in [3.05, 3.63) is 99.0 Å². The standard InChI is InChI=1S/C27H28BrClN2O3/c1-3-30-27(33)24(15-20-10-5-4-6-11-20)31(17-21-12-8-7-9-19(21)2)26(32)18-34-25-14-13-22(28)16-23(25)29/h4-14,16,24H,3,15,17-18H2,1-2H3,(H,30,33). The van der Waals surface area contributed by atoms with Gasteiger partial charge in [0.1, 0.15) is 11.8 Å². The number of aryl methyl sites for hydroxylation is 1. The SMILES string of the molecule is CCNC(=O)C(Cc1ccccc1)N(Cc1ccccc1C)C(=O)COc1ccc(Br)cc1Cl. The maximum absolute atomic E-state index is 13.5. The van der Waals surface area contributed by atoms with E-state index in [0.29, 0.717) is 23.7 Å². The lowest BCUT2D eigenvalue weighted by Gasteiger charge is -2.32. The van der Waals surface area contributed by atoms with Crippen molar-refractivity contribution in [2.75, 3.05) is 13.2 Å². The second-order valence-electron chi connectivity index (χ2n) is 7.91. The van der Waals surface area contributed by atoms with E-state index in [1.54, 1.807) is 23.1 Å². The van der Waals surface area contributed by atoms with E-state index >= 15 is 0 Å². The highest BCUT2D eigenvalue weighted by atomic mass is 79.9. The Hall–Kier alpha value is -2.83. The average molecular weight is 544 g/mol. The van der Waals surface area contributed by atoms with E-state index in [1.165, 1.54) is 0 Å². The fraction of sp³-hybridized carbons (Fsp3) is 0.259. The van der Waals surface area contributed by atoms with Crippen LogP contribution in [-0.4, -0.2) is 35.9 Å². The summed E-state index contributed by atoms with van der Waals surface area (Å²) in [5, 5.41) is 3.29. The monoisotopic (exact) mass is 542 g/mol. The van der Waals surface area contributed by atoms with Crippen LogP contribution in [0.15, 0.2) is 77.3 Å². The van der Waals surface area contributed by atoms with Gasteiger partial charge in [-0.25, -0.2) is 0 Å². The number of hydrogen-bond acceptors (Lipinski definition) is 3. The van der Waals surface area contributed by atoms with Crippen molar-refractivity contribution in [3.8, 4) is 5.75 Å². The number of rotatable bonds is 10. The third-order valence-corrected chi connectivity index (χ3v) is 6.26. The van der Waals surface area contributed by atoms with Crippen molar-refractivity contribution >= 4 is 39.3 Å². The fourth-order valence-corrected chi connectivity index (χ4v) is 4.36. The van der Waals surface area contributed by atoms with Gasteiger partial charge in [0.15, 0.2) is 6.61 Å². The van der Waals surface area contributed by atoms with Crippen molar-refractivity contribution in [2.24, 2.45) is 0 Å². The molecule has 178 valence electrons. The summed E-state index contributed by atoms with van der Waals surface area (Å²) < 4.78 is 6.58. The van der Waals surface area contributed by atoms with Crippen LogP contribution in [0.4, 0.5) is 0 Å². The molecule has 3 aromatic carbocycles. The molecule has 0 saturated carbocycles. The molecule has 0 aliphatic carbocycles. The Morgan fingerprint density at radius 1 is 1.06 bits per heavy atom. The molecule has 1 unspecified atom stereocenters. The number of carbonyl (C=O) groups excluding carboxylic acids is 2. The van der Waals surface area contributed by atoms with Crippen molar-refractivity contribution in [2.45, 2.75) is 32.9 Å². The molecule has 5 nitrogen and oxygen atoms in total. The number of carbonyl (C=O) groups is 2. The quantitative estimate of drug-likeness (QED) is 0.364. The topological polar surface area (TPSA) is 58.6 Å². The lowest BCUT2D eigenvalue weighted by Crippen LogP contribution is -2.51. The number of halogens is 2. The van der Waals surface area contributed by atoms with Gasteiger partial charge in [-0.2, -0.15) is 0 Å². The predicted octanol–water partition coefficient (Wildman–Crippen LogP) is 5.57. The Morgan fingerprint density at radius 2 is 1.76 bits per heavy atom. The minimum absolute atomic E-state index is 0.199. The Morgan fingerprint density at radius 3 is 2.44 bits per heavy atom. The molecule has 0 fully saturated rings. The van der Waals surface area contributed by atoms with Crippen LogP contribution in [-0.2, 0) is 22.6 Å². The molecule has 0 aromatic heterocycles. The Kier molecular flexibility index (Phi) is 9.54. The van der Waals surface area contributed by atoms with Gasteiger partial charge in [-0.15, -0.1) is 0 Å². The first-order valence-electron chi connectivity index (χ1n) is 11.1. The van der Waals surface area contributed by atoms with Crippen LogP contribution in [0.5, 0.6) is 5.75 Å². The summed E-state index contributed by atoms with van der Waals surface area (Å²) in [6.45, 7) is 4.38. The van der Waals surface area contributed by atoms with E-state index in [-0.39, 0.29) is 25.0 Å². The van der Waals surface area contributed by atoms with E-state index in [9.17, 15) is 9.59 Å². The molecule has 2 amide bonds. The third-order valence-electron chi connectivity index (χ3n) is 5.47. The van der Waals surface area contributed by atoms with Gasteiger partial charge >= 0.3 is 0 Å². The number of nitrogens with one attached hydrogen (secondary N) is 1. The first kappa shape index (κ1) is 25.8. The molecule has 1 atom stereocenters. The fourth-order valence-electron chi connectivity index (χ4n) is 3.63. The molecule has 0 aliphatic heterocycles. The maximum atomic E-state index is 13.5. The van der Waals surface area contributed by atoms with Crippen molar-refractivity contribution in [1.29, 1.82) is 0 Å². The molecular formula is C27H28BrClN2O3. The van der Waals surface area contributed by atoms with E-state index in [0.717, 1.165) is 21.2 Å². The van der Waals surface area contributed by atoms with Crippen LogP contribution in [0.3, 0.4) is 0 Å². The summed E-state index contributed by atoms with van der Waals surface area (Å²) in [6.07, 6.45) is 0.392. The largest absolute Gasteiger partial charge is 0.482 e. The summed E-state index contributed by atoms with van der Waals surface area (Å²) in [5.74, 6) is -0.0870. The lowest BCUT2D eigenvalue weighted by molar-refractivity contribution is -0.142. The van der Waals surface area contributed by atoms with E-state index in [4.69, 9.17) is 16.3 Å². The zero-order valence-corrected chi connectivity index (χ0v) is 21.6. The minimum Gasteiger partial charge on any atom is -0.482 e. The molecule has 0 radical (unpaired) electrons. The summed E-state index contributed by atoms with van der Waals surface area (Å²) in [4.78, 5) is 28.3. The summed E-state index contributed by atoms with van der Waals surface area (Å²) >= 11 is 9.63. The summed E-state index contributed by atoms with van der Waals surface area (Å²) in [7, 11) is 0. The second-order valence-corrected chi connectivity index (χ2v) is 9.23. The number of ether oxygens (including phenoxy) is 1. The van der Waals surface area contributed by atoms with Crippen LogP contribution in [0.1, 0.15) is 23.6 Å². The second kappa shape index (κ2) is 12.6. The molecule has 1 N–H and O–H groups in total. The minimum atomic E-state index is -0.696. The third kappa shape index (κ3) is 7.08. The molecule has 0 spiro atoms. The van der Waals surface area contributed by atoms with Crippen LogP contribution in [0, 0.1) is 6.92 Å². The number of amides is 2. The van der Waals surface area contributed by atoms with Gasteiger partial charge in [-0.1, -0.05) is 82.1 Å². The van der Waals surface area contributed by atoms with E-state index in [2.05, 4.69) is 21.2 Å². The number of nitrogens with zero attached hydrogens (tertiary/aromatic N) is 1. The van der Waals surface area contributed by atoms with Crippen molar-refractivity contribution < 1.29 is 14.3 Å². The zero-order chi connectivity index (χ0) is 24.5. The van der Waals surface area contributed by atoms with E-state index < -0.39 is 6.04 Å². The summed E-state index contributed by atoms with van der Waals surface area (Å²) in [5.41, 5.74) is 2.99. The van der Waals surface area contributed by atoms with Gasteiger partial charge in [-0.3, -0.25) is 9.59 Å². The van der Waals surface area contributed by atoms with Gasteiger partial charge in [0.05, 0.1) is 5.02 Å². The van der Waals surface area contributed by atoms with Crippen LogP contribution >= 0.6 is 27.5 Å². The van der Waals surface area contributed by atoms with Gasteiger partial charge in [0.25, 0.3) is 5.91 Å². The normalized spacial score (nSPS) is 11.5. The smallest absolute Gasteiger partial charge is 0.261 e. The molecule has 0 heterocycles. The van der Waals surface area contributed by atoms with Gasteiger partial charge < -0.3 is 15.0 Å². The molecule has 3 aromatic rings. The van der Waals surface area contributed by atoms with Crippen LogP contribution in [0.2, 0.25) is 5.02 Å². The number of likely N-dealkylation sites (N-methyl/N-ethyl adjacent to an activating group) is 1. The zero-order valence-electron chi connectivity index (χ0n) is 19.3. The van der Waals surface area contributed by atoms with Crippen molar-refractivity contribution in [1.82, 2.24) is 10.2 Å². The predicted molar refractivity (Wildman–Crippen MR) is 139 cm³/mol. The molecule has 7 heteroatoms. The van der Waals surface area contributed by atoms with Crippen molar-refractivity contribution in [3.63, 3.8) is 0 Å². The van der Waals surface area contributed by atoms with E-state index in [1.807, 2.05) is 68.4 Å². The summed E-state index contributed by atoms with van der Waals surface area (Å²) in [6, 6.07) is 22.1. The maximum Gasteiger partial charge on any atom is 0.261 e. The van der Waals surface area contributed by atoms with Gasteiger partial charge in [0.2, 0.25) is 5.91 Å². The molecular weight excluding hydrogens is 516 g/mol. The first-order valence-corrected chi connectivity index (χ1v) is 12.3. The highest BCUT2D eigenvalue weighted by molar-refractivity contribution is 9.10. The lowest BCUT2D eigenvalue weighted by atomic mass is 10.0. The van der Waals surface area contributed by atoms with Crippen LogP contribution < -0.4 is 10.1 Å². The van der Waals surface area contributed by atoms with Gasteiger partial charge in [-0.05, 0) is 48.7 Å². The molecule has 34 heavy (non-hydrogen) atoms. The van der Waals surface area contributed by atoms with Crippen LogP contribution in [0.25, 0.3) is 0 Å². The number of hydrogen-bond donors (Lipinski definition) is 1. The molecule has 0 saturated heterocycles. The molecule has 0 aliphatic rings. The molecule has 3 rings (SSSR count). The highest BCUT2D eigenvalue weighted by Crippen LogP contribution is 2.28. The average Bonchev–Trinajstić information content (AvgIpc) is 2.82. The Bertz CT molecular complexity index is 1120. The first-order chi connectivity index (χ1) is 16.4.